The van der Waals surface area contributed by atoms with E-state index in [9.17, 15) is 13.6 Å². The van der Waals surface area contributed by atoms with E-state index in [0.29, 0.717) is 29.8 Å². The molecular formula is C15H16F2N2O. The lowest BCUT2D eigenvalue weighted by molar-refractivity contribution is 0.0987. The van der Waals surface area contributed by atoms with Gasteiger partial charge in [-0.3, -0.25) is 9.48 Å². The lowest BCUT2D eigenvalue weighted by Crippen LogP contribution is -2.06. The standard InChI is InChI=1S/C15H16F2N2O/c1-4-14(20)15-9(2)18-19(10(15)3)8-11-5-6-12(16)13(17)7-11/h5-7H,4,8H2,1-3H3. The predicted octanol–water partition coefficient (Wildman–Crippen LogP) is 3.42. The Morgan fingerprint density at radius 1 is 1.25 bits per heavy atom. The van der Waals surface area contributed by atoms with Crippen LogP contribution in [0.3, 0.4) is 0 Å². The first kappa shape index (κ1) is 14.4. The van der Waals surface area contributed by atoms with E-state index in [-0.39, 0.29) is 5.78 Å². The van der Waals surface area contributed by atoms with Gasteiger partial charge in [0, 0.05) is 12.1 Å². The summed E-state index contributed by atoms with van der Waals surface area (Å²) in [6.07, 6.45) is 0.415. The first-order valence-electron chi connectivity index (χ1n) is 6.45. The summed E-state index contributed by atoms with van der Waals surface area (Å²) in [5.41, 5.74) is 2.64. The molecule has 0 saturated carbocycles. The first-order chi connectivity index (χ1) is 9.43. The fourth-order valence-corrected chi connectivity index (χ4v) is 2.24. The Morgan fingerprint density at radius 3 is 2.55 bits per heavy atom. The molecule has 0 aliphatic carbocycles. The molecule has 1 aromatic carbocycles. The summed E-state index contributed by atoms with van der Waals surface area (Å²) < 4.78 is 27.7. The number of hydrogen-bond acceptors (Lipinski definition) is 2. The highest BCUT2D eigenvalue weighted by Gasteiger charge is 2.17. The van der Waals surface area contributed by atoms with Crippen molar-refractivity contribution in [1.82, 2.24) is 9.78 Å². The highest BCUT2D eigenvalue weighted by atomic mass is 19.2. The van der Waals surface area contributed by atoms with Crippen molar-refractivity contribution in [2.45, 2.75) is 33.7 Å². The van der Waals surface area contributed by atoms with Crippen molar-refractivity contribution in [1.29, 1.82) is 0 Å². The van der Waals surface area contributed by atoms with Gasteiger partial charge in [-0.1, -0.05) is 13.0 Å². The van der Waals surface area contributed by atoms with Gasteiger partial charge in [0.2, 0.25) is 0 Å². The summed E-state index contributed by atoms with van der Waals surface area (Å²) in [6, 6.07) is 3.75. The SMILES string of the molecule is CCC(=O)c1c(C)nn(Cc2ccc(F)c(F)c2)c1C. The van der Waals surface area contributed by atoms with E-state index >= 15 is 0 Å². The first-order valence-corrected chi connectivity index (χ1v) is 6.45. The van der Waals surface area contributed by atoms with Crippen LogP contribution in [0.25, 0.3) is 0 Å². The average Bonchev–Trinajstić information content (AvgIpc) is 2.68. The maximum Gasteiger partial charge on any atom is 0.166 e. The van der Waals surface area contributed by atoms with Gasteiger partial charge >= 0.3 is 0 Å². The van der Waals surface area contributed by atoms with Crippen molar-refractivity contribution >= 4 is 5.78 Å². The Morgan fingerprint density at radius 2 is 1.95 bits per heavy atom. The molecule has 0 saturated heterocycles. The smallest absolute Gasteiger partial charge is 0.166 e. The molecule has 0 bridgehead atoms. The molecule has 0 spiro atoms. The third-order valence-corrected chi connectivity index (χ3v) is 3.30. The Hall–Kier alpha value is -2.04. The second-order valence-electron chi connectivity index (χ2n) is 4.73. The third kappa shape index (κ3) is 2.61. The number of Topliss-reactive ketones (excluding diaryl/α,β-unsaturated/α-hetero) is 1. The molecule has 0 aliphatic rings. The quantitative estimate of drug-likeness (QED) is 0.803. The number of aromatic nitrogens is 2. The van der Waals surface area contributed by atoms with Crippen LogP contribution in [0.2, 0.25) is 0 Å². The fraction of sp³-hybridized carbons (Fsp3) is 0.333. The number of carbonyl (C=O) groups excluding carboxylic acids is 1. The van der Waals surface area contributed by atoms with Crippen LogP contribution in [0.5, 0.6) is 0 Å². The molecule has 20 heavy (non-hydrogen) atoms. The molecule has 0 aliphatic heterocycles. The van der Waals surface area contributed by atoms with E-state index < -0.39 is 11.6 Å². The highest BCUT2D eigenvalue weighted by Crippen LogP contribution is 2.17. The second kappa shape index (κ2) is 5.53. The molecule has 5 heteroatoms. The molecule has 2 aromatic rings. The number of ketones is 1. The van der Waals surface area contributed by atoms with Crippen molar-refractivity contribution in [3.63, 3.8) is 0 Å². The molecular weight excluding hydrogens is 262 g/mol. The molecule has 0 N–H and O–H groups in total. The number of aryl methyl sites for hydroxylation is 1. The molecule has 0 radical (unpaired) electrons. The maximum atomic E-state index is 13.2. The Balaban J connectivity index is 2.35. The largest absolute Gasteiger partial charge is 0.294 e. The van der Waals surface area contributed by atoms with Crippen molar-refractivity contribution in [3.05, 3.63) is 52.3 Å². The minimum Gasteiger partial charge on any atom is -0.294 e. The zero-order chi connectivity index (χ0) is 14.9. The Kier molecular flexibility index (Phi) is 3.97. The number of carbonyl (C=O) groups is 1. The van der Waals surface area contributed by atoms with E-state index in [4.69, 9.17) is 0 Å². The zero-order valence-corrected chi connectivity index (χ0v) is 11.7. The van der Waals surface area contributed by atoms with Gasteiger partial charge < -0.3 is 0 Å². The van der Waals surface area contributed by atoms with Crippen LogP contribution < -0.4 is 0 Å². The van der Waals surface area contributed by atoms with E-state index in [1.54, 1.807) is 18.5 Å². The van der Waals surface area contributed by atoms with E-state index in [1.807, 2.05) is 6.92 Å². The number of hydrogen-bond donors (Lipinski definition) is 0. The van der Waals surface area contributed by atoms with E-state index in [2.05, 4.69) is 5.10 Å². The summed E-state index contributed by atoms with van der Waals surface area (Å²) in [7, 11) is 0. The topological polar surface area (TPSA) is 34.9 Å². The molecule has 0 unspecified atom stereocenters. The lowest BCUT2D eigenvalue weighted by atomic mass is 10.1. The fourth-order valence-electron chi connectivity index (χ4n) is 2.24. The van der Waals surface area contributed by atoms with Gasteiger partial charge in [-0.25, -0.2) is 8.78 Å². The van der Waals surface area contributed by atoms with Crippen molar-refractivity contribution < 1.29 is 13.6 Å². The lowest BCUT2D eigenvalue weighted by Gasteiger charge is -2.06. The predicted molar refractivity (Wildman–Crippen MR) is 71.8 cm³/mol. The minimum absolute atomic E-state index is 0.0385. The summed E-state index contributed by atoms with van der Waals surface area (Å²) in [5, 5.41) is 4.31. The molecule has 0 fully saturated rings. The molecule has 2 rings (SSSR count). The van der Waals surface area contributed by atoms with Crippen molar-refractivity contribution in [3.8, 4) is 0 Å². The van der Waals surface area contributed by atoms with Gasteiger partial charge in [0.15, 0.2) is 17.4 Å². The summed E-state index contributed by atoms with van der Waals surface area (Å²) in [4.78, 5) is 11.9. The highest BCUT2D eigenvalue weighted by molar-refractivity contribution is 5.97. The van der Waals surface area contributed by atoms with Crippen molar-refractivity contribution in [2.75, 3.05) is 0 Å². The Labute approximate surface area is 116 Å². The summed E-state index contributed by atoms with van der Waals surface area (Å²) in [5.74, 6) is -1.71. The normalized spacial score (nSPS) is 10.8. The number of halogens is 2. The molecule has 1 aromatic heterocycles. The molecule has 0 atom stereocenters. The molecule has 0 amide bonds. The molecule has 1 heterocycles. The minimum atomic E-state index is -0.881. The Bertz CT molecular complexity index is 662. The second-order valence-corrected chi connectivity index (χ2v) is 4.73. The van der Waals surface area contributed by atoms with Crippen LogP contribution >= 0.6 is 0 Å². The average molecular weight is 278 g/mol. The zero-order valence-electron chi connectivity index (χ0n) is 11.7. The van der Waals surface area contributed by atoms with Crippen molar-refractivity contribution in [2.24, 2.45) is 0 Å². The van der Waals surface area contributed by atoms with E-state index in [1.165, 1.54) is 6.07 Å². The van der Waals surface area contributed by atoms with Crippen LogP contribution in [0.1, 0.15) is 40.7 Å². The van der Waals surface area contributed by atoms with Gasteiger partial charge in [0.25, 0.3) is 0 Å². The third-order valence-electron chi connectivity index (χ3n) is 3.30. The summed E-state index contributed by atoms with van der Waals surface area (Å²) >= 11 is 0. The van der Waals surface area contributed by atoms with Crippen LogP contribution in [0, 0.1) is 25.5 Å². The van der Waals surface area contributed by atoms with Crippen LogP contribution in [0.4, 0.5) is 8.78 Å². The number of rotatable bonds is 4. The van der Waals surface area contributed by atoms with Gasteiger partial charge in [0.05, 0.1) is 17.8 Å². The number of nitrogens with zero attached hydrogens (tertiary/aromatic N) is 2. The van der Waals surface area contributed by atoms with Gasteiger partial charge in [0.1, 0.15) is 0 Å². The molecule has 106 valence electrons. The van der Waals surface area contributed by atoms with Crippen LogP contribution in [-0.2, 0) is 6.54 Å². The van der Waals surface area contributed by atoms with Gasteiger partial charge in [-0.15, -0.1) is 0 Å². The molecule has 3 nitrogen and oxygen atoms in total. The number of benzene rings is 1. The maximum absolute atomic E-state index is 13.2. The van der Waals surface area contributed by atoms with Crippen LogP contribution in [0.15, 0.2) is 18.2 Å². The van der Waals surface area contributed by atoms with E-state index in [0.717, 1.165) is 17.8 Å². The van der Waals surface area contributed by atoms with Gasteiger partial charge in [-0.05, 0) is 31.5 Å². The van der Waals surface area contributed by atoms with Crippen LogP contribution in [-0.4, -0.2) is 15.6 Å². The monoisotopic (exact) mass is 278 g/mol. The van der Waals surface area contributed by atoms with Gasteiger partial charge in [-0.2, -0.15) is 5.10 Å². The summed E-state index contributed by atoms with van der Waals surface area (Å²) in [6.45, 7) is 5.69.